The third-order valence-electron chi connectivity index (χ3n) is 4.07. The summed E-state index contributed by atoms with van der Waals surface area (Å²) in [7, 11) is 0. The molecular formula is C20H29NO6. The van der Waals surface area contributed by atoms with Crippen molar-refractivity contribution in [2.24, 2.45) is 0 Å². The quantitative estimate of drug-likeness (QED) is 0.487. The van der Waals surface area contributed by atoms with Gasteiger partial charge in [0.1, 0.15) is 12.4 Å². The molecule has 1 saturated carbocycles. The highest BCUT2D eigenvalue weighted by Crippen LogP contribution is 2.17. The Morgan fingerprint density at radius 1 is 1.07 bits per heavy atom. The van der Waals surface area contributed by atoms with E-state index in [4.69, 9.17) is 14.9 Å². The zero-order chi connectivity index (χ0) is 19.9. The molecule has 7 heteroatoms. The van der Waals surface area contributed by atoms with Crippen LogP contribution in [0, 0.1) is 0 Å². The molecule has 7 nitrogen and oxygen atoms in total. The standard InChI is InChI=1S/C16H25NO2.C4H4O4/c18-15(13-19-16-9-5-2-6-10-16)11-12-17-14-7-3-1-4-8-14;5-3(6)1-2-4(7)8/h2,5-6,9-10,14-15,17-18H,1,3-4,7-8,11-13H2;1-2H,(H,5,6)(H,7,8)/b;2-1+. The van der Waals surface area contributed by atoms with Gasteiger partial charge in [-0.05, 0) is 37.9 Å². The summed E-state index contributed by atoms with van der Waals surface area (Å²) in [5.41, 5.74) is 0. The third kappa shape index (κ3) is 12.6. The van der Waals surface area contributed by atoms with Gasteiger partial charge < -0.3 is 25.4 Å². The molecule has 0 saturated heterocycles. The van der Waals surface area contributed by atoms with Gasteiger partial charge in [-0.1, -0.05) is 37.5 Å². The van der Waals surface area contributed by atoms with E-state index in [9.17, 15) is 14.7 Å². The maximum Gasteiger partial charge on any atom is 0.328 e. The second-order valence-electron chi connectivity index (χ2n) is 6.37. The number of nitrogens with one attached hydrogen (secondary N) is 1. The molecule has 1 atom stereocenters. The minimum atomic E-state index is -1.26. The molecular weight excluding hydrogens is 350 g/mol. The summed E-state index contributed by atoms with van der Waals surface area (Å²) < 4.78 is 5.53. The molecule has 27 heavy (non-hydrogen) atoms. The molecule has 150 valence electrons. The number of carbonyl (C=O) groups is 2. The topological polar surface area (TPSA) is 116 Å². The number of ether oxygens (including phenoxy) is 1. The average Bonchev–Trinajstić information content (AvgIpc) is 2.67. The Bertz CT molecular complexity index is 553. The Labute approximate surface area is 159 Å². The lowest BCUT2D eigenvalue weighted by atomic mass is 9.95. The molecule has 0 radical (unpaired) electrons. The fourth-order valence-electron chi connectivity index (χ4n) is 2.70. The van der Waals surface area contributed by atoms with Crippen molar-refractivity contribution in [3.05, 3.63) is 42.5 Å². The predicted octanol–water partition coefficient (Wildman–Crippen LogP) is 2.45. The zero-order valence-electron chi connectivity index (χ0n) is 15.4. The molecule has 0 aliphatic heterocycles. The van der Waals surface area contributed by atoms with E-state index in [0.717, 1.165) is 18.7 Å². The Kier molecular flexibility index (Phi) is 11.6. The van der Waals surface area contributed by atoms with E-state index < -0.39 is 18.0 Å². The van der Waals surface area contributed by atoms with Gasteiger partial charge in [-0.25, -0.2) is 9.59 Å². The summed E-state index contributed by atoms with van der Waals surface area (Å²) in [5.74, 6) is -1.69. The van der Waals surface area contributed by atoms with Crippen molar-refractivity contribution in [3.8, 4) is 5.75 Å². The minimum Gasteiger partial charge on any atom is -0.491 e. The first-order valence-electron chi connectivity index (χ1n) is 9.20. The fraction of sp³-hybridized carbons (Fsp3) is 0.500. The van der Waals surface area contributed by atoms with Crippen LogP contribution in [0.5, 0.6) is 5.75 Å². The van der Waals surface area contributed by atoms with Crippen LogP contribution in [0.3, 0.4) is 0 Å². The van der Waals surface area contributed by atoms with Crippen molar-refractivity contribution >= 4 is 11.9 Å². The van der Waals surface area contributed by atoms with Gasteiger partial charge in [0.2, 0.25) is 0 Å². The molecule has 4 N–H and O–H groups in total. The maximum absolute atomic E-state index is 9.87. The van der Waals surface area contributed by atoms with Crippen LogP contribution < -0.4 is 10.1 Å². The first-order chi connectivity index (χ1) is 13.0. The smallest absolute Gasteiger partial charge is 0.328 e. The number of aliphatic carboxylic acids is 2. The molecule has 2 rings (SSSR count). The number of carboxylic acid groups (broad SMARTS) is 2. The summed E-state index contributed by atoms with van der Waals surface area (Å²) in [6, 6.07) is 10.3. The normalized spacial score (nSPS) is 15.6. The van der Waals surface area contributed by atoms with Gasteiger partial charge in [0.15, 0.2) is 0 Å². The lowest BCUT2D eigenvalue weighted by molar-refractivity contribution is -0.134. The van der Waals surface area contributed by atoms with E-state index in [1.165, 1.54) is 32.1 Å². The monoisotopic (exact) mass is 379 g/mol. The van der Waals surface area contributed by atoms with E-state index in [2.05, 4.69) is 5.32 Å². The van der Waals surface area contributed by atoms with Crippen LogP contribution in [0.2, 0.25) is 0 Å². The largest absolute Gasteiger partial charge is 0.491 e. The summed E-state index contributed by atoms with van der Waals surface area (Å²) >= 11 is 0. The van der Waals surface area contributed by atoms with Gasteiger partial charge in [0.25, 0.3) is 0 Å². The summed E-state index contributed by atoms with van der Waals surface area (Å²) in [5, 5.41) is 29.0. The van der Waals surface area contributed by atoms with E-state index in [1.54, 1.807) is 0 Å². The van der Waals surface area contributed by atoms with Crippen LogP contribution in [0.15, 0.2) is 42.5 Å². The van der Waals surface area contributed by atoms with Gasteiger partial charge in [-0.2, -0.15) is 0 Å². The van der Waals surface area contributed by atoms with Gasteiger partial charge >= 0.3 is 11.9 Å². The van der Waals surface area contributed by atoms with Gasteiger partial charge in [0.05, 0.1) is 6.10 Å². The number of hydrogen-bond donors (Lipinski definition) is 4. The molecule has 1 aromatic carbocycles. The molecule has 0 aromatic heterocycles. The van der Waals surface area contributed by atoms with E-state index >= 15 is 0 Å². The van der Waals surface area contributed by atoms with E-state index in [0.29, 0.717) is 24.8 Å². The number of aliphatic hydroxyl groups is 1. The van der Waals surface area contributed by atoms with E-state index in [1.807, 2.05) is 30.3 Å². The molecule has 0 bridgehead atoms. The average molecular weight is 379 g/mol. The SMILES string of the molecule is O=C(O)/C=C/C(=O)O.OC(CCNC1CCCCC1)COc1ccccc1. The fourth-order valence-corrected chi connectivity index (χ4v) is 2.70. The second kappa shape index (κ2) is 13.8. The first-order valence-corrected chi connectivity index (χ1v) is 9.20. The van der Waals surface area contributed by atoms with Crippen LogP contribution in [-0.2, 0) is 9.59 Å². The Balaban J connectivity index is 0.000000387. The van der Waals surface area contributed by atoms with Crippen LogP contribution in [0.1, 0.15) is 38.5 Å². The highest BCUT2D eigenvalue weighted by atomic mass is 16.5. The molecule has 1 unspecified atom stereocenters. The van der Waals surface area contributed by atoms with Crippen molar-refractivity contribution in [1.82, 2.24) is 5.32 Å². The molecule has 0 amide bonds. The maximum atomic E-state index is 9.87. The van der Waals surface area contributed by atoms with Gasteiger partial charge in [-0.15, -0.1) is 0 Å². The van der Waals surface area contributed by atoms with Crippen molar-refractivity contribution < 1.29 is 29.6 Å². The zero-order valence-corrected chi connectivity index (χ0v) is 15.4. The molecule has 0 spiro atoms. The molecule has 1 fully saturated rings. The third-order valence-corrected chi connectivity index (χ3v) is 4.07. The minimum absolute atomic E-state index is 0.371. The molecule has 1 aliphatic rings. The summed E-state index contributed by atoms with van der Waals surface area (Å²) in [6.45, 7) is 1.25. The highest BCUT2D eigenvalue weighted by Gasteiger charge is 2.13. The van der Waals surface area contributed by atoms with Gasteiger partial charge in [-0.3, -0.25) is 0 Å². The summed E-state index contributed by atoms with van der Waals surface area (Å²) in [4.78, 5) is 19.1. The number of rotatable bonds is 9. The van der Waals surface area contributed by atoms with Crippen molar-refractivity contribution in [3.63, 3.8) is 0 Å². The van der Waals surface area contributed by atoms with Crippen molar-refractivity contribution in [2.45, 2.75) is 50.7 Å². The van der Waals surface area contributed by atoms with Crippen LogP contribution >= 0.6 is 0 Å². The van der Waals surface area contributed by atoms with Crippen LogP contribution in [0.25, 0.3) is 0 Å². The van der Waals surface area contributed by atoms with Crippen LogP contribution in [-0.4, -0.2) is 52.6 Å². The molecule has 1 aromatic rings. The number of carboxylic acids is 2. The predicted molar refractivity (Wildman–Crippen MR) is 102 cm³/mol. The van der Waals surface area contributed by atoms with Gasteiger partial charge in [0, 0.05) is 18.2 Å². The van der Waals surface area contributed by atoms with Crippen molar-refractivity contribution in [2.75, 3.05) is 13.2 Å². The summed E-state index contributed by atoms with van der Waals surface area (Å²) in [6.07, 6.45) is 8.12. The lowest BCUT2D eigenvalue weighted by Gasteiger charge is -2.23. The lowest BCUT2D eigenvalue weighted by Crippen LogP contribution is -2.34. The Morgan fingerprint density at radius 3 is 2.22 bits per heavy atom. The first kappa shape index (κ1) is 22.7. The molecule has 0 heterocycles. The van der Waals surface area contributed by atoms with E-state index in [-0.39, 0.29) is 0 Å². The Hall–Kier alpha value is -2.38. The van der Waals surface area contributed by atoms with Crippen molar-refractivity contribution in [1.29, 1.82) is 0 Å². The highest BCUT2D eigenvalue weighted by molar-refractivity contribution is 5.89. The van der Waals surface area contributed by atoms with Crippen LogP contribution in [0.4, 0.5) is 0 Å². The molecule has 1 aliphatic carbocycles. The number of aliphatic hydroxyl groups excluding tert-OH is 1. The second-order valence-corrected chi connectivity index (χ2v) is 6.37. The number of benzene rings is 1. The number of para-hydroxylation sites is 1. The Morgan fingerprint density at radius 2 is 1.67 bits per heavy atom. The number of hydrogen-bond acceptors (Lipinski definition) is 5.